The van der Waals surface area contributed by atoms with E-state index in [-0.39, 0.29) is 92.7 Å². The summed E-state index contributed by atoms with van der Waals surface area (Å²) in [5.74, 6) is 0. The number of halogens is 3. The molecule has 0 amide bonds. The lowest BCUT2D eigenvalue weighted by Gasteiger charge is -2.28. The van der Waals surface area contributed by atoms with Crippen molar-refractivity contribution in [1.82, 2.24) is 0 Å². The Morgan fingerprint density at radius 2 is 0.426 bits per heavy atom. The van der Waals surface area contributed by atoms with E-state index in [0.29, 0.717) is 27.8 Å². The van der Waals surface area contributed by atoms with Gasteiger partial charge in [-0.05, 0) is 262 Å². The summed E-state index contributed by atoms with van der Waals surface area (Å²) in [6.45, 7) is 0. The summed E-state index contributed by atoms with van der Waals surface area (Å²) in [4.78, 5) is 6.30. The minimum atomic E-state index is -0.117. The van der Waals surface area contributed by atoms with Crippen LogP contribution in [0.25, 0.3) is 111 Å². The van der Waals surface area contributed by atoms with Gasteiger partial charge in [0.1, 0.15) is 0 Å². The number of fused-ring (bicyclic) bond motifs is 2. The van der Waals surface area contributed by atoms with Crippen LogP contribution in [0.4, 0.5) is 51.2 Å². The maximum absolute atomic E-state index is 9.48. The highest BCUT2D eigenvalue weighted by molar-refractivity contribution is 9.11. The lowest BCUT2D eigenvalue weighted by Crippen LogP contribution is -2.11. The molecule has 0 saturated heterocycles. The van der Waals surface area contributed by atoms with E-state index in [1.807, 2.05) is 241 Å². The molecule has 129 heavy (non-hydrogen) atoms. The molecule has 0 atom stereocenters. The maximum atomic E-state index is 9.48. The first-order valence-corrected chi connectivity index (χ1v) is 44.9. The van der Waals surface area contributed by atoms with Crippen molar-refractivity contribution in [3.63, 3.8) is 0 Å². The fourth-order valence-corrected chi connectivity index (χ4v) is 16.6. The van der Waals surface area contributed by atoms with Gasteiger partial charge >= 0.3 is 0 Å². The Balaban J connectivity index is 0.000000135. The first-order chi connectivity index (χ1) is 68.7. The van der Waals surface area contributed by atoms with Crippen molar-refractivity contribution in [1.29, 1.82) is 0 Å². The molecule has 0 aliphatic heterocycles. The van der Waals surface area contributed by atoms with Crippen LogP contribution in [0, 0.1) is 0 Å². The lowest BCUT2D eigenvalue weighted by atomic mass is 9.92. The molecule has 6 heteroatoms. The molecule has 0 radical (unpaired) electrons. The van der Waals surface area contributed by atoms with Crippen LogP contribution in [-0.4, -0.2) is 0 Å². The average molecular weight is 1860 g/mol. The molecule has 0 heterocycles. The van der Waals surface area contributed by atoms with Crippen LogP contribution in [0.3, 0.4) is 0 Å². The van der Waals surface area contributed by atoms with Crippen molar-refractivity contribution in [2.75, 3.05) is 14.7 Å². The van der Waals surface area contributed by atoms with E-state index < -0.39 is 0 Å². The van der Waals surface area contributed by atoms with Crippen LogP contribution in [0.15, 0.2) is 547 Å². The number of hydrogen-bond acceptors (Lipinski definition) is 3. The molecule has 0 unspecified atom stereocenters. The zero-order valence-electron chi connectivity index (χ0n) is 82.1. The minimum Gasteiger partial charge on any atom is -0.311 e. The van der Waals surface area contributed by atoms with E-state index in [2.05, 4.69) is 282 Å². The first-order valence-electron chi connectivity index (χ1n) is 48.5. The summed E-state index contributed by atoms with van der Waals surface area (Å²) >= 11 is 9.69. The number of rotatable bonds is 19. The van der Waals surface area contributed by atoms with Gasteiger partial charge in [-0.25, -0.2) is 0 Å². The SMILES string of the molecule is [2H]c1c([2H])c(-c2ccc(-c3ccc(Br)cc3)cc2)c([2H])c([2H])c1Br.[2H]c1c([2H])c(-c2ccc(-c3ccc(N(c4ccccc4)c4ccccc4)cc3)cc2)c([2H])c([2H])c1Br.[2H]c1c([2H])c(N(c2ccccc2)c2ccccc2-c2cccc3ccccc23)c([2H])c([2H])c1-c1ccc(-c2ccc(N(c3ccccc3)c3ccccc3)cc2)cc1.c1ccc(Cc2ccccc2-c2cccc3ccccc23)cc1. The quantitative estimate of drug-likeness (QED) is 0.0799. The largest absolute Gasteiger partial charge is 0.311 e. The second-order valence-corrected chi connectivity index (χ2v) is 33.0. The molecule has 0 N–H and O–H groups in total. The third-order valence-electron chi connectivity index (χ3n) is 22.3. The Bertz CT molecular complexity index is 7830. The number of anilines is 9. The number of benzene rings is 21. The topological polar surface area (TPSA) is 9.72 Å². The van der Waals surface area contributed by atoms with E-state index in [1.165, 1.54) is 33.0 Å². The van der Waals surface area contributed by atoms with Crippen molar-refractivity contribution in [2.45, 2.75) is 6.42 Å². The van der Waals surface area contributed by atoms with Crippen LogP contribution < -0.4 is 14.7 Å². The summed E-state index contributed by atoms with van der Waals surface area (Å²) < 4.78 is 104. The minimum absolute atomic E-state index is 0.0423. The Morgan fingerprint density at radius 3 is 0.806 bits per heavy atom. The van der Waals surface area contributed by atoms with Crippen molar-refractivity contribution in [2.24, 2.45) is 0 Å². The molecule has 3 nitrogen and oxygen atoms in total. The number of nitrogens with zero attached hydrogens (tertiary/aromatic N) is 3. The van der Waals surface area contributed by atoms with E-state index in [9.17, 15) is 5.48 Å². The lowest BCUT2D eigenvalue weighted by molar-refractivity contribution is 1.20. The number of para-hydroxylation sites is 6. The normalized spacial score (nSPS) is 12.1. The first kappa shape index (κ1) is 71.2. The molecule has 0 aliphatic rings. The highest BCUT2D eigenvalue weighted by Crippen LogP contribution is 2.45. The Hall–Kier alpha value is -15.0. The van der Waals surface area contributed by atoms with Crippen LogP contribution >= 0.6 is 47.8 Å². The van der Waals surface area contributed by atoms with Crippen LogP contribution in [0.2, 0.25) is 0 Å². The summed E-state index contributed by atoms with van der Waals surface area (Å²) in [6, 6.07) is 154. The molecule has 0 fully saturated rings. The Labute approximate surface area is 799 Å². The predicted molar refractivity (Wildman–Crippen MR) is 561 cm³/mol. The van der Waals surface area contributed by atoms with Crippen molar-refractivity contribution < 1.29 is 16.4 Å². The maximum Gasteiger partial charge on any atom is 0.0645 e. The predicted octanol–water partition coefficient (Wildman–Crippen LogP) is 36.7. The van der Waals surface area contributed by atoms with Gasteiger partial charge in [0.25, 0.3) is 0 Å². The fraction of sp³-hybridized carbons (Fsp3) is 0.00813. The van der Waals surface area contributed by atoms with Gasteiger partial charge in [-0.1, -0.05) is 442 Å². The van der Waals surface area contributed by atoms with Gasteiger partial charge < -0.3 is 14.7 Å². The van der Waals surface area contributed by atoms with Gasteiger partial charge in [-0.3, -0.25) is 0 Å². The third kappa shape index (κ3) is 20.7. The second kappa shape index (κ2) is 41.4. The average Bonchev–Trinajstić information content (AvgIpc) is 0.738. The summed E-state index contributed by atoms with van der Waals surface area (Å²) in [5.41, 5.74) is 24.3. The molecule has 21 rings (SSSR count). The zero-order chi connectivity index (χ0) is 97.7. The number of hydrogen-bond donors (Lipinski definition) is 0. The van der Waals surface area contributed by atoms with E-state index >= 15 is 0 Å². The third-order valence-corrected chi connectivity index (χ3v) is 23.6. The molecule has 0 bridgehead atoms. The van der Waals surface area contributed by atoms with Gasteiger partial charge in [0.2, 0.25) is 0 Å². The second-order valence-electron chi connectivity index (χ2n) is 30.5. The van der Waals surface area contributed by atoms with E-state index in [0.717, 1.165) is 112 Å². The monoisotopic (exact) mass is 1860 g/mol. The molecule has 21 aromatic rings. The smallest absolute Gasteiger partial charge is 0.0645 e. The Kier molecular flexibility index (Phi) is 22.8. The summed E-state index contributed by atoms with van der Waals surface area (Å²) in [6.07, 6.45) is 0.959. The molecular weight excluding hydrogens is 1760 g/mol. The summed E-state index contributed by atoms with van der Waals surface area (Å²) in [5, 5.41) is 4.80. The van der Waals surface area contributed by atoms with Crippen LogP contribution in [-0.2, 0) is 6.42 Å². The van der Waals surface area contributed by atoms with Crippen molar-refractivity contribution in [3.8, 4) is 89.0 Å². The van der Waals surface area contributed by atoms with Gasteiger partial charge in [-0.2, -0.15) is 0 Å². The molecule has 21 aromatic carbocycles. The summed E-state index contributed by atoms with van der Waals surface area (Å²) in [7, 11) is 0. The molecule has 0 saturated carbocycles. The van der Waals surface area contributed by atoms with Gasteiger partial charge in [-0.15, -0.1) is 0 Å². The molecule has 618 valence electrons. The van der Waals surface area contributed by atoms with Crippen LogP contribution in [0.5, 0.6) is 0 Å². The molecule has 0 aromatic heterocycles. The molecule has 0 aliphatic carbocycles. The van der Waals surface area contributed by atoms with E-state index in [4.69, 9.17) is 11.0 Å². The van der Waals surface area contributed by atoms with Crippen molar-refractivity contribution >= 4 is 121 Å². The molecule has 0 spiro atoms. The van der Waals surface area contributed by atoms with Gasteiger partial charge in [0.15, 0.2) is 0 Å². The highest BCUT2D eigenvalue weighted by Gasteiger charge is 2.21. The zero-order valence-corrected chi connectivity index (χ0v) is 74.8. The standard InChI is InChI=1S/C52H38N2.C30H22BrN.C23H18.C18H12Br2/c1-4-17-44(18-5-1)53(45-19-6-2-7-20-45)47-35-31-41(32-36-47)39-27-29-40(30-28-39)42-33-37-48(38-34-42)54(46-21-8-3-9-22-46)52-26-13-12-24-51(52)50-25-14-16-43-15-10-11-23-49(43)50;31-27-19-15-25(16-20-27)23-11-13-24(14-12-23)26-17-21-30(22-18-26)32(28-7-3-1-4-8-28)29-9-5-2-6-10-29;1-2-9-18(10-3-1)17-20-12-5-7-15-22(20)23-16-8-13-19-11-4-6-14-21(19)23;19-17-9-5-15(6-10-17)13-1-2-14(4-3-13)16-7-11-18(20)12-8-16/h1-38H;1-22H;1-16H,17H2;1-12H/i33D,34D,37D,38D;15D,16D,19D,20D;;5D,6D,9D,10D. The molecular formula is C123H90Br3N3. The highest BCUT2D eigenvalue weighted by atomic mass is 79.9. The Morgan fingerprint density at radius 1 is 0.171 bits per heavy atom. The van der Waals surface area contributed by atoms with E-state index in [1.54, 1.807) is 0 Å². The van der Waals surface area contributed by atoms with Gasteiger partial charge in [0.05, 0.1) is 22.1 Å². The van der Waals surface area contributed by atoms with Crippen molar-refractivity contribution in [3.05, 3.63) is 558 Å². The van der Waals surface area contributed by atoms with Gasteiger partial charge in [0, 0.05) is 64.5 Å². The fourth-order valence-electron chi connectivity index (χ4n) is 15.9. The van der Waals surface area contributed by atoms with Crippen LogP contribution in [0.1, 0.15) is 27.6 Å².